The van der Waals surface area contributed by atoms with Gasteiger partial charge in [-0.25, -0.2) is 0 Å². The van der Waals surface area contributed by atoms with Crippen LogP contribution in [0.2, 0.25) is 0 Å². The number of carbonyl (C=O) groups excluding carboxylic acids is 1. The molecule has 1 aromatic carbocycles. The Labute approximate surface area is 178 Å². The van der Waals surface area contributed by atoms with Crippen molar-refractivity contribution in [2.24, 2.45) is 34.5 Å². The monoisotopic (exact) mass is 440 g/mol. The van der Waals surface area contributed by atoms with Crippen LogP contribution >= 0.6 is 15.9 Å². The van der Waals surface area contributed by atoms with Gasteiger partial charge in [-0.2, -0.15) is 0 Å². The van der Waals surface area contributed by atoms with Crippen LogP contribution in [0.25, 0.3) is 6.08 Å². The summed E-state index contributed by atoms with van der Waals surface area (Å²) in [6.45, 7) is 4.92. The second-order valence-electron chi connectivity index (χ2n) is 10.6. The van der Waals surface area contributed by atoms with Crippen molar-refractivity contribution in [3.8, 4) is 0 Å². The molecule has 0 N–H and O–H groups in total. The molecule has 4 aliphatic carbocycles. The molecule has 0 radical (unpaired) electrons. The highest BCUT2D eigenvalue weighted by Crippen LogP contribution is 2.66. The molecule has 4 aliphatic rings. The Hall–Kier alpha value is -0.890. The minimum atomic E-state index is -0.111. The number of carbonyl (C=O) groups is 1. The van der Waals surface area contributed by atoms with E-state index in [-0.39, 0.29) is 5.41 Å². The zero-order chi connectivity index (χ0) is 19.5. The van der Waals surface area contributed by atoms with Gasteiger partial charge in [-0.05, 0) is 103 Å². The molecule has 1 aromatic rings. The van der Waals surface area contributed by atoms with E-state index in [1.165, 1.54) is 44.9 Å². The van der Waals surface area contributed by atoms with Crippen LogP contribution in [0.3, 0.4) is 0 Å². The van der Waals surface area contributed by atoms with Gasteiger partial charge >= 0.3 is 0 Å². The van der Waals surface area contributed by atoms with Gasteiger partial charge in [-0.3, -0.25) is 4.79 Å². The van der Waals surface area contributed by atoms with Gasteiger partial charge in [0.2, 0.25) is 0 Å². The van der Waals surface area contributed by atoms with Crippen LogP contribution in [0.4, 0.5) is 0 Å². The summed E-state index contributed by atoms with van der Waals surface area (Å²) in [5.74, 6) is 3.58. The minimum absolute atomic E-state index is 0.111. The Balaban J connectivity index is 1.45. The summed E-state index contributed by atoms with van der Waals surface area (Å²) in [4.78, 5) is 13.5. The Morgan fingerprint density at radius 1 is 0.964 bits per heavy atom. The van der Waals surface area contributed by atoms with Gasteiger partial charge in [0.25, 0.3) is 0 Å². The fourth-order valence-corrected chi connectivity index (χ4v) is 8.12. The molecule has 0 aliphatic heterocycles. The van der Waals surface area contributed by atoms with Crippen LogP contribution < -0.4 is 0 Å². The molecule has 0 saturated heterocycles. The number of rotatable bonds is 1. The summed E-state index contributed by atoms with van der Waals surface area (Å²) in [5, 5.41) is 0. The third-order valence-corrected chi connectivity index (χ3v) is 9.96. The highest BCUT2D eigenvalue weighted by atomic mass is 79.9. The summed E-state index contributed by atoms with van der Waals surface area (Å²) in [5.41, 5.74) is 2.68. The Bertz CT molecular complexity index is 808. The molecule has 0 bridgehead atoms. The zero-order valence-electron chi connectivity index (χ0n) is 17.3. The molecular formula is C26H33BrO. The maximum absolute atomic E-state index is 13.5. The lowest BCUT2D eigenvalue weighted by Crippen LogP contribution is -2.52. The highest BCUT2D eigenvalue weighted by Gasteiger charge is 2.60. The fraction of sp³-hybridized carbons (Fsp3) is 0.654. The molecule has 0 unspecified atom stereocenters. The van der Waals surface area contributed by atoms with Crippen LogP contribution in [0, 0.1) is 34.5 Å². The predicted molar refractivity (Wildman–Crippen MR) is 119 cm³/mol. The van der Waals surface area contributed by atoms with Gasteiger partial charge < -0.3 is 0 Å². The van der Waals surface area contributed by atoms with Crippen molar-refractivity contribution >= 4 is 27.8 Å². The highest BCUT2D eigenvalue weighted by molar-refractivity contribution is 9.10. The predicted octanol–water partition coefficient (Wildman–Crippen LogP) is 7.44. The molecule has 28 heavy (non-hydrogen) atoms. The first kappa shape index (κ1) is 19.1. The molecule has 4 fully saturated rings. The third kappa shape index (κ3) is 2.81. The van der Waals surface area contributed by atoms with Gasteiger partial charge in [0.15, 0.2) is 5.78 Å². The summed E-state index contributed by atoms with van der Waals surface area (Å²) in [6.07, 6.45) is 14.1. The maximum atomic E-state index is 13.5. The lowest BCUT2D eigenvalue weighted by molar-refractivity contribution is -0.137. The quantitative estimate of drug-likeness (QED) is 0.414. The first-order valence-corrected chi connectivity index (χ1v) is 12.2. The maximum Gasteiger partial charge on any atom is 0.165 e. The summed E-state index contributed by atoms with van der Waals surface area (Å²) in [7, 11) is 0. The summed E-state index contributed by atoms with van der Waals surface area (Å²) in [6, 6.07) is 8.38. The van der Waals surface area contributed by atoms with Crippen molar-refractivity contribution in [3.63, 3.8) is 0 Å². The third-order valence-electron chi connectivity index (χ3n) is 9.43. The number of ketones is 1. The van der Waals surface area contributed by atoms with Crippen LogP contribution in [-0.2, 0) is 4.79 Å². The average Bonchev–Trinajstić information content (AvgIpc) is 2.94. The van der Waals surface area contributed by atoms with E-state index in [1.54, 1.807) is 0 Å². The summed E-state index contributed by atoms with van der Waals surface area (Å²) >= 11 is 3.51. The molecule has 1 nitrogen and oxygen atoms in total. The van der Waals surface area contributed by atoms with E-state index >= 15 is 0 Å². The van der Waals surface area contributed by atoms with E-state index in [4.69, 9.17) is 0 Å². The van der Waals surface area contributed by atoms with Crippen LogP contribution in [0.15, 0.2) is 34.3 Å². The fourth-order valence-electron chi connectivity index (χ4n) is 7.85. The Kier molecular flexibility index (Phi) is 4.66. The molecule has 0 spiro atoms. The second kappa shape index (κ2) is 6.83. The molecule has 0 amide bonds. The minimum Gasteiger partial charge on any atom is -0.294 e. The smallest absolute Gasteiger partial charge is 0.165 e. The van der Waals surface area contributed by atoms with Crippen LogP contribution in [-0.4, -0.2) is 5.78 Å². The van der Waals surface area contributed by atoms with E-state index in [9.17, 15) is 4.79 Å². The number of hydrogen-bond acceptors (Lipinski definition) is 1. The van der Waals surface area contributed by atoms with Gasteiger partial charge in [0, 0.05) is 9.89 Å². The molecule has 2 heteroatoms. The van der Waals surface area contributed by atoms with Gasteiger partial charge in [-0.1, -0.05) is 54.8 Å². The first-order chi connectivity index (χ1) is 13.4. The normalized spacial score (nSPS) is 44.1. The van der Waals surface area contributed by atoms with E-state index in [1.807, 2.05) is 0 Å². The van der Waals surface area contributed by atoms with Crippen LogP contribution in [0.5, 0.6) is 0 Å². The number of halogens is 1. The van der Waals surface area contributed by atoms with E-state index in [2.05, 4.69) is 60.1 Å². The van der Waals surface area contributed by atoms with E-state index in [0.717, 1.165) is 46.2 Å². The van der Waals surface area contributed by atoms with Crippen molar-refractivity contribution in [1.82, 2.24) is 0 Å². The van der Waals surface area contributed by atoms with Gasteiger partial charge in [0.1, 0.15) is 0 Å². The van der Waals surface area contributed by atoms with E-state index in [0.29, 0.717) is 17.1 Å². The lowest BCUT2D eigenvalue weighted by atomic mass is 9.45. The summed E-state index contributed by atoms with van der Waals surface area (Å²) < 4.78 is 1.09. The number of allylic oxidation sites excluding steroid dienone is 1. The Morgan fingerprint density at radius 3 is 2.54 bits per heavy atom. The van der Waals surface area contributed by atoms with E-state index < -0.39 is 0 Å². The molecule has 0 aromatic heterocycles. The van der Waals surface area contributed by atoms with Crippen LogP contribution in [0.1, 0.15) is 77.2 Å². The lowest BCUT2D eigenvalue weighted by Gasteiger charge is -2.59. The Morgan fingerprint density at radius 2 is 1.75 bits per heavy atom. The SMILES string of the molecule is C[C@]12CCCC[C@H]1CC[C@H]1[C@H]2CC[C@]2(C)C(=O)/C(=C/c3ccc(Br)cc3)C[C@H]12. The number of benzene rings is 1. The standard InChI is InChI=1S/C26H33BrO/c1-25-13-4-3-5-19(25)8-11-21-22(25)12-14-26(2)23(21)16-18(24(26)28)15-17-6-9-20(27)10-7-17/h6-7,9-10,15,19,21-23H,3-5,8,11-14,16H2,1-2H3/b18-15+/t19-,21-,22+,23+,25-,26-/m0/s1. The van der Waals surface area contributed by atoms with Gasteiger partial charge in [-0.15, -0.1) is 0 Å². The second-order valence-corrected chi connectivity index (χ2v) is 11.5. The molecular weight excluding hydrogens is 408 g/mol. The topological polar surface area (TPSA) is 17.1 Å². The molecule has 5 rings (SSSR count). The first-order valence-electron chi connectivity index (χ1n) is 11.4. The van der Waals surface area contributed by atoms with Crippen molar-refractivity contribution in [1.29, 1.82) is 0 Å². The number of Topliss-reactive ketones (excluding diaryl/α,β-unsaturated/α-hetero) is 1. The molecule has 0 heterocycles. The zero-order valence-corrected chi connectivity index (χ0v) is 18.9. The van der Waals surface area contributed by atoms with Crippen molar-refractivity contribution in [2.75, 3.05) is 0 Å². The number of fused-ring (bicyclic) bond motifs is 5. The average molecular weight is 441 g/mol. The largest absolute Gasteiger partial charge is 0.294 e. The van der Waals surface area contributed by atoms with Crippen molar-refractivity contribution < 1.29 is 4.79 Å². The molecule has 150 valence electrons. The molecule has 4 saturated carbocycles. The van der Waals surface area contributed by atoms with Crippen molar-refractivity contribution in [3.05, 3.63) is 39.9 Å². The molecule has 6 atom stereocenters. The van der Waals surface area contributed by atoms with Crippen molar-refractivity contribution in [2.45, 2.75) is 71.6 Å². The number of hydrogen-bond donors (Lipinski definition) is 0. The van der Waals surface area contributed by atoms with Gasteiger partial charge in [0.05, 0.1) is 0 Å².